The first kappa shape index (κ1) is 10.4. The fraction of sp³-hybridized carbons (Fsp3) is 0.692. The number of aromatic nitrogens is 1. The molecule has 1 fully saturated rings. The second-order valence-corrected chi connectivity index (χ2v) is 5.31. The van der Waals surface area contributed by atoms with Crippen LogP contribution in [0.2, 0.25) is 0 Å². The topological polar surface area (TPSA) is 45.0 Å². The van der Waals surface area contributed by atoms with Gasteiger partial charge in [0.1, 0.15) is 0 Å². The number of rotatable bonds is 3. The van der Waals surface area contributed by atoms with Crippen molar-refractivity contribution in [2.45, 2.75) is 44.7 Å². The zero-order valence-corrected chi connectivity index (χ0v) is 10.1. The van der Waals surface area contributed by atoms with E-state index in [4.69, 9.17) is 5.73 Å². The molecular formula is C13H21N3. The van der Waals surface area contributed by atoms with Gasteiger partial charge in [-0.1, -0.05) is 6.42 Å². The molecule has 0 atom stereocenters. The summed E-state index contributed by atoms with van der Waals surface area (Å²) >= 11 is 0. The zero-order chi connectivity index (χ0) is 11.1. The molecule has 1 aromatic rings. The Hall–Kier alpha value is -0.800. The molecule has 0 saturated heterocycles. The van der Waals surface area contributed by atoms with E-state index in [0.29, 0.717) is 0 Å². The van der Waals surface area contributed by atoms with Gasteiger partial charge in [-0.2, -0.15) is 0 Å². The third-order valence-corrected chi connectivity index (χ3v) is 4.10. The molecule has 1 aliphatic heterocycles. The number of hydrogen-bond acceptors (Lipinski definition) is 2. The van der Waals surface area contributed by atoms with Crippen molar-refractivity contribution in [3.8, 4) is 0 Å². The van der Waals surface area contributed by atoms with Crippen molar-refractivity contribution in [1.29, 1.82) is 0 Å². The molecule has 1 aliphatic carbocycles. The standard InChI is InChI=1S/C13H21N3/c1-16-7-11-10(5-6-14)13(9-3-2-4-9)15-12(11)8-16/h9,15H,2-8,14H2,1H3. The number of nitrogens with zero attached hydrogens (tertiary/aromatic N) is 1. The molecule has 16 heavy (non-hydrogen) atoms. The first-order chi connectivity index (χ1) is 7.79. The van der Waals surface area contributed by atoms with E-state index in [1.807, 2.05) is 0 Å². The first-order valence-electron chi connectivity index (χ1n) is 6.40. The molecule has 0 radical (unpaired) electrons. The molecule has 0 amide bonds. The molecule has 2 aliphatic rings. The number of nitrogens with two attached hydrogens (primary N) is 1. The lowest BCUT2D eigenvalue weighted by Crippen LogP contribution is -2.16. The molecule has 1 saturated carbocycles. The summed E-state index contributed by atoms with van der Waals surface area (Å²) in [6.07, 6.45) is 5.18. The monoisotopic (exact) mass is 219 g/mol. The minimum atomic E-state index is 0.772. The highest BCUT2D eigenvalue weighted by Gasteiger charge is 2.29. The second kappa shape index (κ2) is 3.90. The molecule has 3 nitrogen and oxygen atoms in total. The fourth-order valence-corrected chi connectivity index (χ4v) is 3.05. The second-order valence-electron chi connectivity index (χ2n) is 5.31. The Bertz CT molecular complexity index is 390. The molecule has 2 heterocycles. The van der Waals surface area contributed by atoms with Crippen molar-refractivity contribution in [3.63, 3.8) is 0 Å². The lowest BCUT2D eigenvalue weighted by Gasteiger charge is -2.26. The number of aromatic amines is 1. The summed E-state index contributed by atoms with van der Waals surface area (Å²) in [6.45, 7) is 2.96. The zero-order valence-electron chi connectivity index (χ0n) is 10.1. The maximum absolute atomic E-state index is 5.75. The third kappa shape index (κ3) is 1.50. The van der Waals surface area contributed by atoms with Crippen LogP contribution < -0.4 is 5.73 Å². The van der Waals surface area contributed by atoms with E-state index in [-0.39, 0.29) is 0 Å². The van der Waals surface area contributed by atoms with Crippen molar-refractivity contribution in [1.82, 2.24) is 9.88 Å². The van der Waals surface area contributed by atoms with E-state index >= 15 is 0 Å². The van der Waals surface area contributed by atoms with Gasteiger partial charge in [0.15, 0.2) is 0 Å². The highest BCUT2D eigenvalue weighted by Crippen LogP contribution is 2.40. The Kier molecular flexibility index (Phi) is 2.52. The summed E-state index contributed by atoms with van der Waals surface area (Å²) in [6, 6.07) is 0. The lowest BCUT2D eigenvalue weighted by atomic mass is 9.81. The van der Waals surface area contributed by atoms with Crippen LogP contribution in [0.1, 0.15) is 47.7 Å². The van der Waals surface area contributed by atoms with Gasteiger partial charge < -0.3 is 10.7 Å². The average Bonchev–Trinajstić information content (AvgIpc) is 2.63. The Balaban J connectivity index is 1.96. The van der Waals surface area contributed by atoms with Gasteiger partial charge in [-0.3, -0.25) is 4.90 Å². The molecule has 0 unspecified atom stereocenters. The minimum Gasteiger partial charge on any atom is -0.360 e. The van der Waals surface area contributed by atoms with Crippen LogP contribution >= 0.6 is 0 Å². The molecule has 3 N–H and O–H groups in total. The van der Waals surface area contributed by atoms with Crippen LogP contribution in [0.5, 0.6) is 0 Å². The molecular weight excluding hydrogens is 198 g/mol. The predicted octanol–water partition coefficient (Wildman–Crippen LogP) is 1.73. The van der Waals surface area contributed by atoms with E-state index in [1.165, 1.54) is 30.7 Å². The van der Waals surface area contributed by atoms with Crippen molar-refractivity contribution in [3.05, 3.63) is 22.5 Å². The van der Waals surface area contributed by atoms with Gasteiger partial charge in [-0.25, -0.2) is 0 Å². The number of nitrogens with one attached hydrogen (secondary N) is 1. The van der Waals surface area contributed by atoms with Gasteiger partial charge in [0.2, 0.25) is 0 Å². The highest BCUT2D eigenvalue weighted by atomic mass is 15.1. The Labute approximate surface area is 97.0 Å². The summed E-state index contributed by atoms with van der Waals surface area (Å²) in [5.74, 6) is 0.803. The van der Waals surface area contributed by atoms with Gasteiger partial charge >= 0.3 is 0 Å². The van der Waals surface area contributed by atoms with Gasteiger partial charge in [0.25, 0.3) is 0 Å². The van der Waals surface area contributed by atoms with E-state index < -0.39 is 0 Å². The highest BCUT2D eigenvalue weighted by molar-refractivity contribution is 5.41. The Morgan fingerprint density at radius 3 is 2.81 bits per heavy atom. The Morgan fingerprint density at radius 2 is 2.19 bits per heavy atom. The first-order valence-corrected chi connectivity index (χ1v) is 6.40. The van der Waals surface area contributed by atoms with E-state index in [2.05, 4.69) is 16.9 Å². The summed E-state index contributed by atoms with van der Waals surface area (Å²) < 4.78 is 0. The van der Waals surface area contributed by atoms with E-state index in [9.17, 15) is 0 Å². The number of hydrogen-bond donors (Lipinski definition) is 2. The summed E-state index contributed by atoms with van der Waals surface area (Å²) in [7, 11) is 2.18. The SMILES string of the molecule is CN1Cc2[nH]c(C3CCC3)c(CCN)c2C1. The predicted molar refractivity (Wildman–Crippen MR) is 65.3 cm³/mol. The molecule has 3 rings (SSSR count). The summed E-state index contributed by atoms with van der Waals surface area (Å²) in [5, 5.41) is 0. The van der Waals surface area contributed by atoms with Crippen molar-refractivity contribution in [2.75, 3.05) is 13.6 Å². The van der Waals surface area contributed by atoms with Crippen LogP contribution in [0.15, 0.2) is 0 Å². The van der Waals surface area contributed by atoms with E-state index in [1.54, 1.807) is 11.1 Å². The molecule has 1 aromatic heterocycles. The van der Waals surface area contributed by atoms with Gasteiger partial charge in [0.05, 0.1) is 0 Å². The number of fused-ring (bicyclic) bond motifs is 1. The van der Waals surface area contributed by atoms with Crippen LogP contribution in [0.25, 0.3) is 0 Å². The molecule has 0 spiro atoms. The van der Waals surface area contributed by atoms with Gasteiger partial charge in [-0.05, 0) is 49.9 Å². The van der Waals surface area contributed by atoms with Crippen LogP contribution in [0, 0.1) is 0 Å². The molecule has 3 heteroatoms. The van der Waals surface area contributed by atoms with E-state index in [0.717, 1.165) is 32.0 Å². The summed E-state index contributed by atoms with van der Waals surface area (Å²) in [4.78, 5) is 6.05. The number of H-pyrrole nitrogens is 1. The van der Waals surface area contributed by atoms with Crippen molar-refractivity contribution in [2.24, 2.45) is 5.73 Å². The average molecular weight is 219 g/mol. The fourth-order valence-electron chi connectivity index (χ4n) is 3.05. The largest absolute Gasteiger partial charge is 0.360 e. The summed E-state index contributed by atoms with van der Waals surface area (Å²) in [5.41, 5.74) is 11.8. The maximum atomic E-state index is 5.75. The van der Waals surface area contributed by atoms with Gasteiger partial charge in [0, 0.05) is 24.5 Å². The third-order valence-electron chi connectivity index (χ3n) is 4.10. The Morgan fingerprint density at radius 1 is 1.38 bits per heavy atom. The van der Waals surface area contributed by atoms with Crippen LogP contribution in [0.3, 0.4) is 0 Å². The lowest BCUT2D eigenvalue weighted by molar-refractivity contribution is 0.346. The smallest absolute Gasteiger partial charge is 0.0389 e. The normalized spacial score (nSPS) is 21.1. The molecule has 0 aromatic carbocycles. The van der Waals surface area contributed by atoms with Crippen molar-refractivity contribution < 1.29 is 0 Å². The van der Waals surface area contributed by atoms with Crippen LogP contribution in [-0.2, 0) is 19.5 Å². The minimum absolute atomic E-state index is 0.772. The maximum Gasteiger partial charge on any atom is 0.0389 e. The van der Waals surface area contributed by atoms with Crippen molar-refractivity contribution >= 4 is 0 Å². The quantitative estimate of drug-likeness (QED) is 0.813. The van der Waals surface area contributed by atoms with Gasteiger partial charge in [-0.15, -0.1) is 0 Å². The van der Waals surface area contributed by atoms with Crippen LogP contribution in [0.4, 0.5) is 0 Å². The molecule has 88 valence electrons. The van der Waals surface area contributed by atoms with Crippen LogP contribution in [-0.4, -0.2) is 23.5 Å². The molecule has 0 bridgehead atoms.